The van der Waals surface area contributed by atoms with Gasteiger partial charge >= 0.3 is 0 Å². The third-order valence-corrected chi connectivity index (χ3v) is 3.30. The van der Waals surface area contributed by atoms with E-state index in [9.17, 15) is 4.79 Å². The van der Waals surface area contributed by atoms with Gasteiger partial charge in [-0.3, -0.25) is 4.79 Å². The SMILES string of the molecule is COCC1=CCN(C(=O)[C@@H]2CCCN2)CC1. The lowest BCUT2D eigenvalue weighted by Crippen LogP contribution is -2.45. The van der Waals surface area contributed by atoms with Crippen molar-refractivity contribution in [3.8, 4) is 0 Å². The van der Waals surface area contributed by atoms with Crippen LogP contribution in [-0.4, -0.2) is 50.2 Å². The Bertz CT molecular complexity index is 283. The smallest absolute Gasteiger partial charge is 0.239 e. The second-order valence-corrected chi connectivity index (χ2v) is 4.48. The first-order chi connectivity index (χ1) is 7.81. The molecule has 4 nitrogen and oxygen atoms in total. The minimum absolute atomic E-state index is 0.0670. The normalized spacial score (nSPS) is 25.7. The zero-order valence-electron chi connectivity index (χ0n) is 9.87. The molecule has 0 saturated carbocycles. The number of methoxy groups -OCH3 is 1. The predicted molar refractivity (Wildman–Crippen MR) is 62.2 cm³/mol. The Morgan fingerprint density at radius 1 is 1.69 bits per heavy atom. The van der Waals surface area contributed by atoms with Gasteiger partial charge in [0.05, 0.1) is 12.6 Å². The van der Waals surface area contributed by atoms with Gasteiger partial charge in [-0.15, -0.1) is 0 Å². The Morgan fingerprint density at radius 2 is 2.56 bits per heavy atom. The molecule has 0 aromatic carbocycles. The van der Waals surface area contributed by atoms with E-state index in [1.54, 1.807) is 7.11 Å². The van der Waals surface area contributed by atoms with Crippen LogP contribution in [0.4, 0.5) is 0 Å². The highest BCUT2D eigenvalue weighted by atomic mass is 16.5. The molecule has 0 radical (unpaired) electrons. The minimum Gasteiger partial charge on any atom is -0.380 e. The molecule has 90 valence electrons. The van der Waals surface area contributed by atoms with Crippen LogP contribution in [0.1, 0.15) is 19.3 Å². The van der Waals surface area contributed by atoms with Crippen LogP contribution in [0.2, 0.25) is 0 Å². The second-order valence-electron chi connectivity index (χ2n) is 4.48. The van der Waals surface area contributed by atoms with Crippen molar-refractivity contribution in [2.45, 2.75) is 25.3 Å². The third-order valence-electron chi connectivity index (χ3n) is 3.30. The molecule has 0 bridgehead atoms. The van der Waals surface area contributed by atoms with Crippen molar-refractivity contribution >= 4 is 5.91 Å². The van der Waals surface area contributed by atoms with Gasteiger partial charge in [0, 0.05) is 20.2 Å². The van der Waals surface area contributed by atoms with E-state index in [1.165, 1.54) is 5.57 Å². The van der Waals surface area contributed by atoms with Crippen LogP contribution in [0.25, 0.3) is 0 Å². The highest BCUT2D eigenvalue weighted by Crippen LogP contribution is 2.14. The average Bonchev–Trinajstić information content (AvgIpc) is 2.83. The molecule has 2 aliphatic rings. The lowest BCUT2D eigenvalue weighted by Gasteiger charge is -2.28. The number of amides is 1. The maximum Gasteiger partial charge on any atom is 0.239 e. The summed E-state index contributed by atoms with van der Waals surface area (Å²) in [5.74, 6) is 0.269. The van der Waals surface area contributed by atoms with Crippen molar-refractivity contribution in [3.63, 3.8) is 0 Å². The highest BCUT2D eigenvalue weighted by molar-refractivity contribution is 5.82. The third kappa shape index (κ3) is 2.62. The minimum atomic E-state index is 0.0670. The topological polar surface area (TPSA) is 41.6 Å². The number of hydrogen-bond acceptors (Lipinski definition) is 3. The molecule has 1 N–H and O–H groups in total. The summed E-state index contributed by atoms with van der Waals surface area (Å²) in [7, 11) is 1.71. The zero-order chi connectivity index (χ0) is 11.4. The number of ether oxygens (including phenoxy) is 1. The molecular formula is C12H20N2O2. The Kier molecular flexibility index (Phi) is 3.96. The molecule has 1 amide bonds. The first kappa shape index (κ1) is 11.6. The monoisotopic (exact) mass is 224 g/mol. The summed E-state index contributed by atoms with van der Waals surface area (Å²) in [5, 5.41) is 3.25. The van der Waals surface area contributed by atoms with Crippen LogP contribution in [-0.2, 0) is 9.53 Å². The number of carbonyl (C=O) groups excluding carboxylic acids is 1. The van der Waals surface area contributed by atoms with Gasteiger partial charge in [-0.1, -0.05) is 6.08 Å². The van der Waals surface area contributed by atoms with Crippen molar-refractivity contribution in [2.75, 3.05) is 33.4 Å². The zero-order valence-corrected chi connectivity index (χ0v) is 9.87. The second kappa shape index (κ2) is 5.46. The molecule has 2 aliphatic heterocycles. The van der Waals surface area contributed by atoms with Gasteiger partial charge in [-0.25, -0.2) is 0 Å². The molecule has 2 rings (SSSR count). The average molecular weight is 224 g/mol. The Balaban J connectivity index is 1.85. The quantitative estimate of drug-likeness (QED) is 0.712. The summed E-state index contributed by atoms with van der Waals surface area (Å²) in [6, 6.07) is 0.0670. The maximum atomic E-state index is 12.1. The first-order valence-electron chi connectivity index (χ1n) is 6.00. The molecule has 1 saturated heterocycles. The number of rotatable bonds is 3. The molecule has 0 aromatic heterocycles. The lowest BCUT2D eigenvalue weighted by molar-refractivity contribution is -0.132. The van der Waals surface area contributed by atoms with E-state index in [0.29, 0.717) is 6.61 Å². The van der Waals surface area contributed by atoms with E-state index in [0.717, 1.165) is 38.9 Å². The van der Waals surface area contributed by atoms with E-state index in [1.807, 2.05) is 4.90 Å². The Hall–Kier alpha value is -0.870. The number of hydrogen-bond donors (Lipinski definition) is 1. The van der Waals surface area contributed by atoms with E-state index < -0.39 is 0 Å². The largest absolute Gasteiger partial charge is 0.380 e. The first-order valence-corrected chi connectivity index (χ1v) is 6.00. The van der Waals surface area contributed by atoms with Crippen LogP contribution in [0.3, 0.4) is 0 Å². The summed E-state index contributed by atoms with van der Waals surface area (Å²) in [5.41, 5.74) is 1.31. The summed E-state index contributed by atoms with van der Waals surface area (Å²) in [4.78, 5) is 14.0. The molecule has 0 unspecified atom stereocenters. The van der Waals surface area contributed by atoms with Crippen molar-refractivity contribution in [1.29, 1.82) is 0 Å². The molecule has 4 heteroatoms. The molecule has 1 atom stereocenters. The van der Waals surface area contributed by atoms with Crippen LogP contribution < -0.4 is 5.32 Å². The van der Waals surface area contributed by atoms with Gasteiger partial charge in [0.2, 0.25) is 5.91 Å². The molecule has 0 spiro atoms. The van der Waals surface area contributed by atoms with Gasteiger partial charge in [0.1, 0.15) is 0 Å². The van der Waals surface area contributed by atoms with Crippen molar-refractivity contribution < 1.29 is 9.53 Å². The van der Waals surface area contributed by atoms with Crippen molar-refractivity contribution in [1.82, 2.24) is 10.2 Å². The van der Waals surface area contributed by atoms with Gasteiger partial charge in [-0.05, 0) is 31.4 Å². The van der Waals surface area contributed by atoms with Crippen LogP contribution >= 0.6 is 0 Å². The van der Waals surface area contributed by atoms with E-state index in [4.69, 9.17) is 4.74 Å². The van der Waals surface area contributed by atoms with Gasteiger partial charge in [-0.2, -0.15) is 0 Å². The fourth-order valence-corrected chi connectivity index (χ4v) is 2.34. The fourth-order valence-electron chi connectivity index (χ4n) is 2.34. The molecule has 0 aromatic rings. The maximum absolute atomic E-state index is 12.1. The van der Waals surface area contributed by atoms with E-state index in [2.05, 4.69) is 11.4 Å². The van der Waals surface area contributed by atoms with E-state index in [-0.39, 0.29) is 11.9 Å². The number of nitrogens with zero attached hydrogens (tertiary/aromatic N) is 1. The standard InChI is InChI=1S/C12H20N2O2/c1-16-9-10-4-7-14(8-5-10)12(15)11-3-2-6-13-11/h4,11,13H,2-3,5-9H2,1H3/t11-/m0/s1. The Labute approximate surface area is 96.6 Å². The molecular weight excluding hydrogens is 204 g/mol. The fraction of sp³-hybridized carbons (Fsp3) is 0.750. The predicted octanol–water partition coefficient (Wildman–Crippen LogP) is 0.543. The van der Waals surface area contributed by atoms with Gasteiger partial charge < -0.3 is 15.0 Å². The summed E-state index contributed by atoms with van der Waals surface area (Å²) in [6.07, 6.45) is 5.19. The molecule has 0 aliphatic carbocycles. The van der Waals surface area contributed by atoms with Crippen molar-refractivity contribution in [3.05, 3.63) is 11.6 Å². The highest BCUT2D eigenvalue weighted by Gasteiger charge is 2.27. The number of carbonyl (C=O) groups is 1. The summed E-state index contributed by atoms with van der Waals surface area (Å²) in [6.45, 7) is 3.26. The Morgan fingerprint density at radius 3 is 3.12 bits per heavy atom. The van der Waals surface area contributed by atoms with Crippen LogP contribution in [0, 0.1) is 0 Å². The van der Waals surface area contributed by atoms with Gasteiger partial charge in [0.25, 0.3) is 0 Å². The summed E-state index contributed by atoms with van der Waals surface area (Å²) < 4.78 is 5.09. The van der Waals surface area contributed by atoms with Crippen LogP contribution in [0.15, 0.2) is 11.6 Å². The molecule has 2 heterocycles. The summed E-state index contributed by atoms with van der Waals surface area (Å²) >= 11 is 0. The molecule has 1 fully saturated rings. The lowest BCUT2D eigenvalue weighted by atomic mass is 10.1. The molecule has 16 heavy (non-hydrogen) atoms. The van der Waals surface area contributed by atoms with Gasteiger partial charge in [0.15, 0.2) is 0 Å². The van der Waals surface area contributed by atoms with Crippen LogP contribution in [0.5, 0.6) is 0 Å². The number of nitrogens with one attached hydrogen (secondary N) is 1. The van der Waals surface area contributed by atoms with Crippen molar-refractivity contribution in [2.24, 2.45) is 0 Å². The van der Waals surface area contributed by atoms with E-state index >= 15 is 0 Å².